The zero-order chi connectivity index (χ0) is 14.9. The van der Waals surface area contributed by atoms with Crippen LogP contribution in [0.2, 0.25) is 0 Å². The third kappa shape index (κ3) is 2.82. The highest BCUT2D eigenvalue weighted by atomic mass is 32.2. The number of aromatic nitrogens is 1. The van der Waals surface area contributed by atoms with E-state index in [0.29, 0.717) is 11.7 Å². The fourth-order valence-corrected chi connectivity index (χ4v) is 3.97. The Labute approximate surface area is 120 Å². The van der Waals surface area contributed by atoms with E-state index in [9.17, 15) is 13.5 Å². The second kappa shape index (κ2) is 5.71. The first-order chi connectivity index (χ1) is 9.41. The number of hydrogen-bond donors (Lipinski definition) is 1. The molecule has 1 aliphatic carbocycles. The molecule has 112 valence electrons. The Bertz CT molecular complexity index is 586. The summed E-state index contributed by atoms with van der Waals surface area (Å²) in [6.07, 6.45) is 5.32. The van der Waals surface area contributed by atoms with Crippen LogP contribution in [0.15, 0.2) is 29.8 Å². The van der Waals surface area contributed by atoms with E-state index in [1.165, 1.54) is 4.31 Å². The van der Waals surface area contributed by atoms with Crippen LogP contribution in [0.1, 0.15) is 38.4 Å². The van der Waals surface area contributed by atoms with Crippen molar-refractivity contribution in [2.24, 2.45) is 0 Å². The van der Waals surface area contributed by atoms with E-state index in [1.54, 1.807) is 18.3 Å². The van der Waals surface area contributed by atoms with Crippen LogP contribution in [0.4, 0.5) is 0 Å². The average molecular weight is 298 g/mol. The van der Waals surface area contributed by atoms with Gasteiger partial charge in [-0.15, -0.1) is 6.58 Å². The van der Waals surface area contributed by atoms with Gasteiger partial charge in [-0.3, -0.25) is 0 Å². The Kier molecular flexibility index (Phi) is 4.36. The summed E-state index contributed by atoms with van der Waals surface area (Å²) in [5, 5.41) is 9.38. The fourth-order valence-electron chi connectivity index (χ4n) is 2.31. The third-order valence-electron chi connectivity index (χ3n) is 3.50. The lowest BCUT2D eigenvalue weighted by Gasteiger charge is -2.23. The molecule has 0 unspecified atom stereocenters. The maximum atomic E-state index is 12.7. The molecule has 0 aromatic carbocycles. The molecular formula is C14H22N2O3S. The number of nitrogens with zero attached hydrogens (tertiary/aromatic N) is 2. The first-order valence-electron chi connectivity index (χ1n) is 6.86. The van der Waals surface area contributed by atoms with Crippen LogP contribution < -0.4 is 0 Å². The Morgan fingerprint density at radius 3 is 2.65 bits per heavy atom. The van der Waals surface area contributed by atoms with Gasteiger partial charge in [0.1, 0.15) is 4.90 Å². The molecule has 0 radical (unpaired) electrons. The molecule has 1 aromatic rings. The van der Waals surface area contributed by atoms with Crippen LogP contribution in [-0.4, -0.2) is 35.0 Å². The van der Waals surface area contributed by atoms with E-state index in [4.69, 9.17) is 0 Å². The fraction of sp³-hybridized carbons (Fsp3) is 0.571. The lowest BCUT2D eigenvalue weighted by atomic mass is 10.4. The summed E-state index contributed by atoms with van der Waals surface area (Å²) in [6.45, 7) is 7.43. The van der Waals surface area contributed by atoms with Gasteiger partial charge in [-0.2, -0.15) is 4.31 Å². The van der Waals surface area contributed by atoms with E-state index < -0.39 is 10.0 Å². The number of hydrogen-bond acceptors (Lipinski definition) is 3. The van der Waals surface area contributed by atoms with Crippen LogP contribution in [-0.2, 0) is 16.6 Å². The quantitative estimate of drug-likeness (QED) is 0.782. The minimum absolute atomic E-state index is 0.139. The van der Waals surface area contributed by atoms with E-state index >= 15 is 0 Å². The van der Waals surface area contributed by atoms with Crippen molar-refractivity contribution in [2.45, 2.75) is 50.3 Å². The third-order valence-corrected chi connectivity index (χ3v) is 5.51. The molecule has 1 heterocycles. The van der Waals surface area contributed by atoms with Gasteiger partial charge in [-0.25, -0.2) is 8.42 Å². The second-order valence-corrected chi connectivity index (χ2v) is 7.31. The lowest BCUT2D eigenvalue weighted by molar-refractivity contribution is 0.270. The van der Waals surface area contributed by atoms with E-state index in [2.05, 4.69) is 6.58 Å². The molecule has 0 spiro atoms. The minimum atomic E-state index is -3.55. The number of aliphatic hydroxyl groups is 1. The van der Waals surface area contributed by atoms with Gasteiger partial charge in [0.15, 0.2) is 0 Å². The molecule has 1 aromatic heterocycles. The highest BCUT2D eigenvalue weighted by Crippen LogP contribution is 2.37. The molecule has 6 heteroatoms. The summed E-state index contributed by atoms with van der Waals surface area (Å²) in [5.74, 6) is 0. The Balaban J connectivity index is 2.40. The van der Waals surface area contributed by atoms with Gasteiger partial charge >= 0.3 is 0 Å². The summed E-state index contributed by atoms with van der Waals surface area (Å²) >= 11 is 0. The van der Waals surface area contributed by atoms with E-state index in [-0.39, 0.29) is 24.1 Å². The predicted octanol–water partition coefficient (Wildman–Crippen LogP) is 1.90. The molecule has 5 nitrogen and oxygen atoms in total. The highest BCUT2D eigenvalue weighted by molar-refractivity contribution is 7.89. The molecule has 0 atom stereocenters. The SMILES string of the molecule is C=CCN(C(C)C)S(=O)(=O)c1cc(CO)n(C2CC2)c1. The number of sulfonamides is 1. The minimum Gasteiger partial charge on any atom is -0.390 e. The summed E-state index contributed by atoms with van der Waals surface area (Å²) in [5.41, 5.74) is 0.661. The number of aliphatic hydroxyl groups excluding tert-OH is 1. The van der Waals surface area contributed by atoms with Gasteiger partial charge < -0.3 is 9.67 Å². The topological polar surface area (TPSA) is 62.5 Å². The molecule has 20 heavy (non-hydrogen) atoms. The molecular weight excluding hydrogens is 276 g/mol. The van der Waals surface area contributed by atoms with Crippen LogP contribution in [0.25, 0.3) is 0 Å². The predicted molar refractivity (Wildman–Crippen MR) is 77.9 cm³/mol. The Hall–Kier alpha value is -1.11. The zero-order valence-corrected chi connectivity index (χ0v) is 12.8. The summed E-state index contributed by atoms with van der Waals surface area (Å²) < 4.78 is 28.6. The molecule has 0 aliphatic heterocycles. The van der Waals surface area contributed by atoms with Crippen molar-refractivity contribution in [3.8, 4) is 0 Å². The zero-order valence-electron chi connectivity index (χ0n) is 12.0. The van der Waals surface area contributed by atoms with E-state index in [0.717, 1.165) is 12.8 Å². The highest BCUT2D eigenvalue weighted by Gasteiger charge is 2.31. The summed E-state index contributed by atoms with van der Waals surface area (Å²) in [4.78, 5) is 0.254. The van der Waals surface area contributed by atoms with Gasteiger partial charge in [-0.05, 0) is 32.8 Å². The molecule has 1 aliphatic rings. The van der Waals surface area contributed by atoms with Crippen molar-refractivity contribution in [1.82, 2.24) is 8.87 Å². The van der Waals surface area contributed by atoms with Crippen LogP contribution in [0.5, 0.6) is 0 Å². The standard InChI is InChI=1S/C14H22N2O3S/c1-4-7-16(11(2)3)20(18,19)14-8-13(10-17)15(9-14)12-5-6-12/h4,8-9,11-12,17H,1,5-7,10H2,2-3H3. The van der Waals surface area contributed by atoms with Crippen molar-refractivity contribution in [3.63, 3.8) is 0 Å². The first kappa shape index (κ1) is 15.3. The van der Waals surface area contributed by atoms with Crippen molar-refractivity contribution < 1.29 is 13.5 Å². The lowest BCUT2D eigenvalue weighted by Crippen LogP contribution is -2.36. The first-order valence-corrected chi connectivity index (χ1v) is 8.30. The van der Waals surface area contributed by atoms with Crippen LogP contribution >= 0.6 is 0 Å². The molecule has 1 saturated carbocycles. The van der Waals surface area contributed by atoms with Gasteiger partial charge in [0.05, 0.1) is 6.61 Å². The largest absolute Gasteiger partial charge is 0.390 e. The van der Waals surface area contributed by atoms with Crippen LogP contribution in [0, 0.1) is 0 Å². The van der Waals surface area contributed by atoms with Crippen molar-refractivity contribution in [3.05, 3.63) is 30.6 Å². The summed E-state index contributed by atoms with van der Waals surface area (Å²) in [7, 11) is -3.55. The Morgan fingerprint density at radius 1 is 1.55 bits per heavy atom. The summed E-state index contributed by atoms with van der Waals surface area (Å²) in [6, 6.07) is 1.78. The maximum Gasteiger partial charge on any atom is 0.245 e. The van der Waals surface area contributed by atoms with Gasteiger partial charge in [0, 0.05) is 30.5 Å². The Morgan fingerprint density at radius 2 is 2.20 bits per heavy atom. The van der Waals surface area contributed by atoms with E-state index in [1.807, 2.05) is 18.4 Å². The van der Waals surface area contributed by atoms with Gasteiger partial charge in [0.25, 0.3) is 0 Å². The monoisotopic (exact) mass is 298 g/mol. The second-order valence-electron chi connectivity index (χ2n) is 5.42. The van der Waals surface area contributed by atoms with Gasteiger partial charge in [-0.1, -0.05) is 6.08 Å². The normalized spacial score (nSPS) is 16.1. The molecule has 0 amide bonds. The molecule has 1 N–H and O–H groups in total. The molecule has 2 rings (SSSR count). The van der Waals surface area contributed by atoms with Gasteiger partial charge in [0.2, 0.25) is 10.0 Å². The molecule has 1 fully saturated rings. The van der Waals surface area contributed by atoms with Crippen molar-refractivity contribution in [2.75, 3.05) is 6.54 Å². The van der Waals surface area contributed by atoms with Crippen LogP contribution in [0.3, 0.4) is 0 Å². The maximum absolute atomic E-state index is 12.7. The van der Waals surface area contributed by atoms with Crippen molar-refractivity contribution >= 4 is 10.0 Å². The molecule has 0 bridgehead atoms. The number of rotatable bonds is 7. The van der Waals surface area contributed by atoms with Crippen molar-refractivity contribution in [1.29, 1.82) is 0 Å². The molecule has 0 saturated heterocycles. The smallest absolute Gasteiger partial charge is 0.245 e. The average Bonchev–Trinajstić information content (AvgIpc) is 3.13.